The van der Waals surface area contributed by atoms with Crippen molar-refractivity contribution in [2.75, 3.05) is 19.7 Å². The second kappa shape index (κ2) is 38.5. The van der Waals surface area contributed by atoms with Crippen molar-refractivity contribution < 1.29 is 30.4 Å². The molecule has 13 heavy (non-hydrogen) atoms. The molecular formula is C8H18I2O3. The number of hydrogen-bond donors (Lipinski definition) is 3. The lowest BCUT2D eigenvalue weighted by atomic mass is 10.5. The van der Waals surface area contributed by atoms with Crippen molar-refractivity contribution in [1.82, 2.24) is 0 Å². The minimum atomic E-state index is -3.10. The van der Waals surface area contributed by atoms with Crippen LogP contribution in [0.15, 0.2) is 24.7 Å². The summed E-state index contributed by atoms with van der Waals surface area (Å²) < 4.78 is 71.8. The first kappa shape index (κ1) is 5.24. The third-order valence-electron chi connectivity index (χ3n) is 0.230. The molecule has 0 bridgehead atoms. The van der Waals surface area contributed by atoms with Gasteiger partial charge in [0.15, 0.2) is 0 Å². The first-order valence-corrected chi connectivity index (χ1v) is 8.35. The van der Waals surface area contributed by atoms with Crippen molar-refractivity contribution in [3.05, 3.63) is 24.7 Å². The van der Waals surface area contributed by atoms with E-state index in [4.69, 9.17) is 30.4 Å². The third-order valence-corrected chi connectivity index (χ3v) is 0.230. The van der Waals surface area contributed by atoms with Crippen LogP contribution in [0.25, 0.3) is 0 Å². The van der Waals surface area contributed by atoms with Crippen molar-refractivity contribution in [3.63, 3.8) is 0 Å². The van der Waals surface area contributed by atoms with Crippen LogP contribution in [0.2, 0.25) is 0 Å². The summed E-state index contributed by atoms with van der Waals surface area (Å²) >= 11 is 4.24. The van der Waals surface area contributed by atoms with Gasteiger partial charge in [0.1, 0.15) is 0 Å². The van der Waals surface area contributed by atoms with Gasteiger partial charge in [-0.25, -0.2) is 0 Å². The molecule has 0 aromatic carbocycles. The Bertz CT molecular complexity index is 396. The number of halogens is 2. The number of hydrogen-bond acceptors (Lipinski definition) is 3. The van der Waals surface area contributed by atoms with E-state index in [1.54, 1.807) is 0 Å². The van der Waals surface area contributed by atoms with Gasteiger partial charge in [-0.3, -0.25) is 0 Å². The second-order valence-corrected chi connectivity index (χ2v) is 0.710. The van der Waals surface area contributed by atoms with E-state index in [2.05, 4.69) is 37.2 Å². The number of aliphatic hydroxyl groups is 3. The van der Waals surface area contributed by atoms with Crippen LogP contribution in [-0.2, 0) is 0 Å². The Morgan fingerprint density at radius 2 is 1.62 bits per heavy atom. The lowest BCUT2D eigenvalue weighted by Crippen LogP contribution is -1.74. The van der Waals surface area contributed by atoms with Crippen LogP contribution in [0.1, 0.15) is 22.5 Å². The van der Waals surface area contributed by atoms with Gasteiger partial charge in [0.25, 0.3) is 0 Å². The molecule has 0 aliphatic heterocycles. The van der Waals surface area contributed by atoms with E-state index in [1.165, 1.54) is 0 Å². The molecule has 5 heteroatoms. The van der Waals surface area contributed by atoms with Crippen molar-refractivity contribution in [2.45, 2.75) is 7.43 Å². The van der Waals surface area contributed by atoms with Crippen molar-refractivity contribution in [3.8, 4) is 0 Å². The summed E-state index contributed by atoms with van der Waals surface area (Å²) in [7, 11) is 0. The topological polar surface area (TPSA) is 60.7 Å². The fourth-order valence-corrected chi connectivity index (χ4v) is 0.0559. The van der Waals surface area contributed by atoms with E-state index in [0.717, 1.165) is 0 Å². The molecule has 0 atom stereocenters. The van der Waals surface area contributed by atoms with Crippen LogP contribution < -0.4 is 0 Å². The molecule has 0 amide bonds. The zero-order valence-electron chi connectivity index (χ0n) is 16.6. The van der Waals surface area contributed by atoms with Gasteiger partial charge in [0, 0.05) is 37.2 Å². The molecule has 0 heterocycles. The fraction of sp³-hybridized carbons (Fsp3) is 0.500. The molecule has 0 rings (SSSR count). The summed E-state index contributed by atoms with van der Waals surface area (Å²) in [5.41, 5.74) is 0. The Hall–Kier alpha value is 0.820. The Kier molecular flexibility index (Phi) is 15.5. The Balaban J connectivity index is -0.000000150. The van der Waals surface area contributed by atoms with Crippen LogP contribution in [0.3, 0.4) is 0 Å². The Morgan fingerprint density at radius 1 is 1.23 bits per heavy atom. The van der Waals surface area contributed by atoms with Crippen molar-refractivity contribution in [2.24, 2.45) is 0 Å². The van der Waals surface area contributed by atoms with Gasteiger partial charge in [0.05, 0.1) is 34.8 Å². The molecule has 0 saturated heterocycles. The quantitative estimate of drug-likeness (QED) is 0.478. The average Bonchev–Trinajstić information content (AvgIpc) is 2.35. The van der Waals surface area contributed by atoms with Crippen LogP contribution in [0, 0.1) is 0 Å². The van der Waals surface area contributed by atoms with E-state index in [0.29, 0.717) is 0 Å². The molecule has 0 aliphatic carbocycles. The summed E-state index contributed by atoms with van der Waals surface area (Å²) in [5, 5.41) is 25.3. The highest BCUT2D eigenvalue weighted by molar-refractivity contribution is 15.0. The average molecular weight is 427 g/mol. The predicted octanol–water partition coefficient (Wildman–Crippen LogP) is 2.10. The molecule has 0 radical (unpaired) electrons. The molecule has 0 aliphatic rings. The highest BCUT2D eigenvalue weighted by Gasteiger charge is 1.61. The maximum Gasteiger partial charge on any atom is 0.0613 e. The van der Waals surface area contributed by atoms with Crippen molar-refractivity contribution >= 4 is 37.2 Å². The van der Waals surface area contributed by atoms with Gasteiger partial charge in [0.2, 0.25) is 0 Å². The lowest BCUT2D eigenvalue weighted by molar-refractivity contribution is 0.329. The van der Waals surface area contributed by atoms with Gasteiger partial charge in [-0.2, -0.15) is 0 Å². The van der Waals surface area contributed by atoms with Gasteiger partial charge in [-0.1, -0.05) is 25.6 Å². The molecule has 0 spiro atoms. The molecule has 3 nitrogen and oxygen atoms in total. The van der Waals surface area contributed by atoms with Crippen LogP contribution >= 0.6 is 37.2 Å². The summed E-state index contributed by atoms with van der Waals surface area (Å²) in [6.07, 6.45) is 0. The van der Waals surface area contributed by atoms with E-state index >= 15 is 0 Å². The highest BCUT2D eigenvalue weighted by Crippen LogP contribution is 1.89. The number of rotatable bonds is 3. The first-order chi connectivity index (χ1) is 9.92. The molecule has 0 saturated carbocycles. The lowest BCUT2D eigenvalue weighted by Gasteiger charge is -1.73. The van der Waals surface area contributed by atoms with Gasteiger partial charge in [-0.15, -0.1) is 6.53 Å². The summed E-state index contributed by atoms with van der Waals surface area (Å²) in [6.45, 7) is -10.1. The Morgan fingerprint density at radius 3 is 1.69 bits per heavy atom. The standard InChI is InChI=1S/C4H8O2.C3H6O.CH4.I2/c5-3-1-2-4-6;1-2-3-4;;1-2/h1-2,5-6H,3-4H2;2,4H,1,3H2;1H4;/b2-1+;;;/i1D,2D,3D2,4D2;1D2,2D,3D2;;. The molecule has 0 unspecified atom stereocenters. The first-order valence-electron chi connectivity index (χ1n) is 7.56. The van der Waals surface area contributed by atoms with Crippen LogP contribution in [0.5, 0.6) is 0 Å². The van der Waals surface area contributed by atoms with Crippen molar-refractivity contribution in [1.29, 1.82) is 0 Å². The highest BCUT2D eigenvalue weighted by atomic mass is 128. The van der Waals surface area contributed by atoms with E-state index in [9.17, 15) is 0 Å². The summed E-state index contributed by atoms with van der Waals surface area (Å²) in [4.78, 5) is 0. The van der Waals surface area contributed by atoms with E-state index in [-0.39, 0.29) is 7.43 Å². The van der Waals surface area contributed by atoms with E-state index in [1.807, 2.05) is 0 Å². The monoisotopic (exact) mass is 427 g/mol. The van der Waals surface area contributed by atoms with Gasteiger partial charge < -0.3 is 15.3 Å². The summed E-state index contributed by atoms with van der Waals surface area (Å²) in [5.74, 6) is 0. The molecule has 0 aromatic rings. The maximum absolute atomic E-state index is 8.51. The minimum absolute atomic E-state index is 0. The summed E-state index contributed by atoms with van der Waals surface area (Å²) in [6, 6.07) is -3.62. The molecule has 82 valence electrons. The smallest absolute Gasteiger partial charge is 0.0613 e. The van der Waals surface area contributed by atoms with Crippen LogP contribution in [-0.4, -0.2) is 35.0 Å². The van der Waals surface area contributed by atoms with Crippen LogP contribution in [0.4, 0.5) is 0 Å². The molecule has 3 N–H and O–H groups in total. The van der Waals surface area contributed by atoms with E-state index < -0.39 is 44.4 Å². The largest absolute Gasteiger partial charge is 0.392 e. The molecule has 0 aromatic heterocycles. The van der Waals surface area contributed by atoms with Gasteiger partial charge >= 0.3 is 0 Å². The maximum atomic E-state index is 8.51. The molecular weight excluding hydrogens is 398 g/mol. The van der Waals surface area contributed by atoms with Gasteiger partial charge in [-0.05, 0) is 0 Å². The third kappa shape index (κ3) is 64.6. The normalized spacial score (nSPS) is 23.9. The minimum Gasteiger partial charge on any atom is -0.392 e. The zero-order valence-corrected chi connectivity index (χ0v) is 9.91. The zero-order chi connectivity index (χ0) is 19.8. The fourth-order valence-electron chi connectivity index (χ4n) is 0.0559. The Labute approximate surface area is 119 Å². The second-order valence-electron chi connectivity index (χ2n) is 0.710. The predicted molar refractivity (Wildman–Crippen MR) is 75.4 cm³/mol. The molecule has 0 fully saturated rings. The SMILES string of the molecule is C.II.[2H]/C(=C(/[2H])C([2H])([2H])O)C([2H])([2H])O.[2H]C([2H])=C([2H])C([2H])([2H])O.